The van der Waals surface area contributed by atoms with Crippen LogP contribution in [0, 0.1) is 5.92 Å². The Hall–Kier alpha value is -1.32. The number of nitrogens with two attached hydrogens (primary N) is 1. The lowest BCUT2D eigenvalue weighted by atomic mass is 10.1. The van der Waals surface area contributed by atoms with E-state index < -0.39 is 0 Å². The molecule has 1 fully saturated rings. The number of hydrogen-bond donors (Lipinski definition) is 2. The fourth-order valence-electron chi connectivity index (χ4n) is 1.97. The van der Waals surface area contributed by atoms with E-state index in [9.17, 15) is 0 Å². The van der Waals surface area contributed by atoms with Crippen LogP contribution in [0.4, 0.5) is 11.6 Å². The van der Waals surface area contributed by atoms with Gasteiger partial charge in [-0.3, -0.25) is 0 Å². The van der Waals surface area contributed by atoms with E-state index in [4.69, 9.17) is 5.73 Å². The van der Waals surface area contributed by atoms with Crippen LogP contribution in [-0.4, -0.2) is 16.2 Å². The molecular formula is C10H16N4. The van der Waals surface area contributed by atoms with Gasteiger partial charge in [-0.2, -0.15) is 0 Å². The van der Waals surface area contributed by atoms with Gasteiger partial charge in [0, 0.05) is 6.04 Å². The van der Waals surface area contributed by atoms with Gasteiger partial charge in [-0.05, 0) is 30.9 Å². The van der Waals surface area contributed by atoms with Crippen LogP contribution in [0.25, 0.3) is 0 Å². The van der Waals surface area contributed by atoms with Crippen molar-refractivity contribution in [3.8, 4) is 0 Å². The van der Waals surface area contributed by atoms with Gasteiger partial charge in [-0.1, -0.05) is 13.3 Å². The molecule has 0 aliphatic heterocycles. The van der Waals surface area contributed by atoms with Crippen molar-refractivity contribution in [2.75, 3.05) is 11.1 Å². The normalized spacial score (nSPS) is 26.4. The summed E-state index contributed by atoms with van der Waals surface area (Å²) in [5.41, 5.74) is 5.46. The molecular weight excluding hydrogens is 176 g/mol. The largest absolute Gasteiger partial charge is 0.382 e. The van der Waals surface area contributed by atoms with E-state index in [1.54, 1.807) is 6.07 Å². The van der Waals surface area contributed by atoms with Gasteiger partial charge >= 0.3 is 0 Å². The zero-order valence-corrected chi connectivity index (χ0v) is 8.40. The Morgan fingerprint density at radius 1 is 1.36 bits per heavy atom. The van der Waals surface area contributed by atoms with Crippen molar-refractivity contribution < 1.29 is 0 Å². The van der Waals surface area contributed by atoms with Crippen LogP contribution in [0.5, 0.6) is 0 Å². The maximum absolute atomic E-state index is 5.46. The van der Waals surface area contributed by atoms with Gasteiger partial charge in [0.05, 0.1) is 0 Å². The minimum absolute atomic E-state index is 0.468. The van der Waals surface area contributed by atoms with Gasteiger partial charge in [-0.25, -0.2) is 0 Å². The molecule has 4 heteroatoms. The van der Waals surface area contributed by atoms with Crippen molar-refractivity contribution in [1.29, 1.82) is 0 Å². The zero-order chi connectivity index (χ0) is 9.97. The van der Waals surface area contributed by atoms with Crippen molar-refractivity contribution in [1.82, 2.24) is 10.2 Å². The van der Waals surface area contributed by atoms with E-state index in [2.05, 4.69) is 22.4 Å². The third-order valence-corrected chi connectivity index (χ3v) is 2.88. The molecule has 0 saturated heterocycles. The molecule has 0 aromatic carbocycles. The number of hydrogen-bond acceptors (Lipinski definition) is 4. The lowest BCUT2D eigenvalue weighted by molar-refractivity contribution is 0.554. The molecule has 1 heterocycles. The summed E-state index contributed by atoms with van der Waals surface area (Å²) in [6.07, 6.45) is 3.84. The predicted molar refractivity (Wildman–Crippen MR) is 56.9 cm³/mol. The smallest absolute Gasteiger partial charge is 0.149 e. The molecule has 2 unspecified atom stereocenters. The number of aromatic nitrogens is 2. The molecule has 0 bridgehead atoms. The molecule has 76 valence electrons. The first-order valence-electron chi connectivity index (χ1n) is 5.11. The molecule has 1 aromatic rings. The summed E-state index contributed by atoms with van der Waals surface area (Å²) in [5.74, 6) is 2.03. The molecule has 1 saturated carbocycles. The van der Waals surface area contributed by atoms with Gasteiger partial charge in [0.25, 0.3) is 0 Å². The highest BCUT2D eigenvalue weighted by atomic mass is 15.2. The average molecular weight is 192 g/mol. The summed E-state index contributed by atoms with van der Waals surface area (Å²) >= 11 is 0. The molecule has 0 radical (unpaired) electrons. The van der Waals surface area contributed by atoms with Crippen LogP contribution >= 0.6 is 0 Å². The van der Waals surface area contributed by atoms with E-state index in [0.29, 0.717) is 11.9 Å². The number of nitrogen functional groups attached to an aromatic ring is 1. The van der Waals surface area contributed by atoms with E-state index >= 15 is 0 Å². The third-order valence-electron chi connectivity index (χ3n) is 2.88. The Morgan fingerprint density at radius 2 is 2.21 bits per heavy atom. The Bertz CT molecular complexity index is 295. The molecule has 1 aliphatic carbocycles. The van der Waals surface area contributed by atoms with Gasteiger partial charge in [-0.15, -0.1) is 10.2 Å². The van der Waals surface area contributed by atoms with Crippen molar-refractivity contribution >= 4 is 11.6 Å². The Kier molecular flexibility index (Phi) is 2.52. The molecule has 2 atom stereocenters. The highest BCUT2D eigenvalue weighted by Crippen LogP contribution is 2.27. The molecule has 0 amide bonds. The first-order chi connectivity index (χ1) is 6.75. The number of nitrogens with one attached hydrogen (secondary N) is 1. The average Bonchev–Trinajstić information content (AvgIpc) is 2.56. The lowest BCUT2D eigenvalue weighted by Crippen LogP contribution is -2.22. The van der Waals surface area contributed by atoms with Crippen LogP contribution in [0.15, 0.2) is 12.1 Å². The second kappa shape index (κ2) is 3.82. The first-order valence-corrected chi connectivity index (χ1v) is 5.11. The van der Waals surface area contributed by atoms with Gasteiger partial charge in [0.1, 0.15) is 11.6 Å². The second-order valence-corrected chi connectivity index (χ2v) is 4.00. The second-order valence-electron chi connectivity index (χ2n) is 4.00. The number of nitrogens with zero attached hydrogens (tertiary/aromatic N) is 2. The summed E-state index contributed by atoms with van der Waals surface area (Å²) in [5, 5.41) is 11.2. The summed E-state index contributed by atoms with van der Waals surface area (Å²) in [6, 6.07) is 4.20. The molecule has 1 aliphatic rings. The van der Waals surface area contributed by atoms with E-state index in [0.717, 1.165) is 11.7 Å². The highest BCUT2D eigenvalue weighted by molar-refractivity contribution is 5.39. The lowest BCUT2D eigenvalue weighted by Gasteiger charge is -2.17. The monoisotopic (exact) mass is 192 g/mol. The summed E-state index contributed by atoms with van der Waals surface area (Å²) in [4.78, 5) is 0. The highest BCUT2D eigenvalue weighted by Gasteiger charge is 2.23. The first kappa shape index (κ1) is 9.24. The maximum atomic E-state index is 5.46. The Labute approximate surface area is 83.9 Å². The fourth-order valence-corrected chi connectivity index (χ4v) is 1.97. The molecule has 2 rings (SSSR count). The van der Waals surface area contributed by atoms with Gasteiger partial charge in [0.2, 0.25) is 0 Å². The molecule has 0 spiro atoms. The van der Waals surface area contributed by atoms with Crippen molar-refractivity contribution in [3.05, 3.63) is 12.1 Å². The maximum Gasteiger partial charge on any atom is 0.149 e. The standard InChI is InChI=1S/C10H16N4/c1-7-3-2-4-8(7)12-10-6-5-9(11)13-14-10/h5-8H,2-4H2,1H3,(H2,11,13)(H,12,14). The van der Waals surface area contributed by atoms with Gasteiger partial charge < -0.3 is 11.1 Å². The summed E-state index contributed by atoms with van der Waals surface area (Å²) < 4.78 is 0. The minimum Gasteiger partial charge on any atom is -0.382 e. The van der Waals surface area contributed by atoms with E-state index in [1.807, 2.05) is 6.07 Å². The molecule has 1 aromatic heterocycles. The van der Waals surface area contributed by atoms with Crippen molar-refractivity contribution in [2.24, 2.45) is 5.92 Å². The summed E-state index contributed by atoms with van der Waals surface area (Å²) in [6.45, 7) is 2.27. The minimum atomic E-state index is 0.468. The fraction of sp³-hybridized carbons (Fsp3) is 0.600. The number of rotatable bonds is 2. The van der Waals surface area contributed by atoms with Crippen molar-refractivity contribution in [2.45, 2.75) is 32.2 Å². The van der Waals surface area contributed by atoms with Gasteiger partial charge in [0.15, 0.2) is 0 Å². The molecule has 14 heavy (non-hydrogen) atoms. The quantitative estimate of drug-likeness (QED) is 0.748. The van der Waals surface area contributed by atoms with Crippen molar-refractivity contribution in [3.63, 3.8) is 0 Å². The van der Waals surface area contributed by atoms with Crippen LogP contribution in [0.1, 0.15) is 26.2 Å². The Balaban J connectivity index is 2.00. The van der Waals surface area contributed by atoms with Crippen LogP contribution in [0.2, 0.25) is 0 Å². The predicted octanol–water partition coefficient (Wildman–Crippen LogP) is 1.66. The Morgan fingerprint density at radius 3 is 2.79 bits per heavy atom. The summed E-state index contributed by atoms with van der Waals surface area (Å²) in [7, 11) is 0. The topological polar surface area (TPSA) is 63.8 Å². The van der Waals surface area contributed by atoms with E-state index in [1.165, 1.54) is 19.3 Å². The van der Waals surface area contributed by atoms with Crippen LogP contribution in [-0.2, 0) is 0 Å². The van der Waals surface area contributed by atoms with Crippen LogP contribution in [0.3, 0.4) is 0 Å². The van der Waals surface area contributed by atoms with E-state index in [-0.39, 0.29) is 0 Å². The number of anilines is 2. The molecule has 4 nitrogen and oxygen atoms in total. The molecule has 3 N–H and O–H groups in total. The SMILES string of the molecule is CC1CCCC1Nc1ccc(N)nn1. The third kappa shape index (κ3) is 1.95. The van der Waals surface area contributed by atoms with Crippen LogP contribution < -0.4 is 11.1 Å². The zero-order valence-electron chi connectivity index (χ0n) is 8.40.